The molecule has 7 heteroatoms. The maximum atomic E-state index is 12.1. The van der Waals surface area contributed by atoms with Gasteiger partial charge >= 0.3 is 0 Å². The first-order valence-electron chi connectivity index (χ1n) is 7.98. The third-order valence-electron chi connectivity index (χ3n) is 4.36. The third-order valence-corrected chi connectivity index (χ3v) is 5.72. The number of carbonyl (C=O) groups excluding carboxylic acids is 1. The molecule has 1 fully saturated rings. The molecule has 1 amide bonds. The van der Waals surface area contributed by atoms with Gasteiger partial charge in [0.25, 0.3) is 5.22 Å². The van der Waals surface area contributed by atoms with E-state index >= 15 is 0 Å². The Morgan fingerprint density at radius 2 is 2.08 bits per heavy atom. The topological polar surface area (TPSA) is 68.0 Å². The van der Waals surface area contributed by atoms with Crippen molar-refractivity contribution in [3.05, 3.63) is 41.8 Å². The number of rotatable bonds is 8. The molecule has 128 valence electrons. The Labute approximate surface area is 150 Å². The van der Waals surface area contributed by atoms with E-state index < -0.39 is 0 Å². The maximum absolute atomic E-state index is 12.1. The first-order chi connectivity index (χ1) is 11.7. The number of nitrogens with one attached hydrogen (secondary N) is 1. The van der Waals surface area contributed by atoms with Gasteiger partial charge in [0, 0.05) is 12.0 Å². The Kier molecular flexibility index (Phi) is 5.84. The number of nitrogens with zero attached hydrogens (tertiary/aromatic N) is 2. The lowest BCUT2D eigenvalue weighted by atomic mass is 9.64. The van der Waals surface area contributed by atoms with E-state index in [1.807, 2.05) is 12.3 Å². The molecule has 0 unspecified atom stereocenters. The van der Waals surface area contributed by atoms with Crippen molar-refractivity contribution >= 4 is 29.4 Å². The zero-order chi connectivity index (χ0) is 16.8. The highest BCUT2D eigenvalue weighted by Crippen LogP contribution is 2.43. The molecule has 0 spiro atoms. The van der Waals surface area contributed by atoms with Crippen molar-refractivity contribution in [2.75, 3.05) is 18.6 Å². The van der Waals surface area contributed by atoms with Gasteiger partial charge in [0.2, 0.25) is 11.8 Å². The fourth-order valence-electron chi connectivity index (χ4n) is 2.89. The van der Waals surface area contributed by atoms with Crippen LogP contribution in [0.15, 0.2) is 40.0 Å². The number of amides is 1. The lowest BCUT2D eigenvalue weighted by Gasteiger charge is -2.42. The van der Waals surface area contributed by atoms with Crippen molar-refractivity contribution < 1.29 is 9.21 Å². The molecule has 1 heterocycles. The zero-order valence-electron chi connectivity index (χ0n) is 13.7. The highest BCUT2D eigenvalue weighted by Gasteiger charge is 2.38. The van der Waals surface area contributed by atoms with E-state index in [4.69, 9.17) is 4.42 Å². The number of thioether (sulfide) groups is 2. The van der Waals surface area contributed by atoms with Crippen molar-refractivity contribution in [3.8, 4) is 0 Å². The number of aromatic nitrogens is 2. The van der Waals surface area contributed by atoms with Crippen LogP contribution in [0.5, 0.6) is 0 Å². The lowest BCUT2D eigenvalue weighted by Crippen LogP contribution is -2.46. The van der Waals surface area contributed by atoms with Gasteiger partial charge in [-0.1, -0.05) is 48.5 Å². The Morgan fingerprint density at radius 3 is 2.75 bits per heavy atom. The predicted molar refractivity (Wildman–Crippen MR) is 97.2 cm³/mol. The Balaban J connectivity index is 1.48. The minimum atomic E-state index is 0.00632. The van der Waals surface area contributed by atoms with Crippen molar-refractivity contribution in [1.82, 2.24) is 15.5 Å². The molecule has 0 atom stereocenters. The van der Waals surface area contributed by atoms with Crippen LogP contribution in [0.4, 0.5) is 0 Å². The van der Waals surface area contributed by atoms with Gasteiger partial charge in [-0.15, -0.1) is 10.2 Å². The smallest absolute Gasteiger partial charge is 0.277 e. The molecule has 24 heavy (non-hydrogen) atoms. The van der Waals surface area contributed by atoms with Crippen LogP contribution in [0.3, 0.4) is 0 Å². The van der Waals surface area contributed by atoms with Gasteiger partial charge in [0.15, 0.2) is 0 Å². The van der Waals surface area contributed by atoms with E-state index in [2.05, 4.69) is 39.8 Å². The lowest BCUT2D eigenvalue weighted by molar-refractivity contribution is -0.119. The Morgan fingerprint density at radius 1 is 1.29 bits per heavy atom. The summed E-state index contributed by atoms with van der Waals surface area (Å²) in [4.78, 5) is 12.1. The highest BCUT2D eigenvalue weighted by molar-refractivity contribution is 7.99. The van der Waals surface area contributed by atoms with Crippen molar-refractivity contribution in [2.45, 2.75) is 35.7 Å². The van der Waals surface area contributed by atoms with Crippen molar-refractivity contribution in [2.24, 2.45) is 0 Å². The number of carbonyl (C=O) groups is 1. The summed E-state index contributed by atoms with van der Waals surface area (Å²) in [5.41, 5.74) is 1.43. The number of benzene rings is 1. The van der Waals surface area contributed by atoms with E-state index in [-0.39, 0.29) is 11.3 Å². The van der Waals surface area contributed by atoms with E-state index in [9.17, 15) is 4.79 Å². The predicted octanol–water partition coefficient (Wildman–Crippen LogP) is 3.26. The molecule has 5 nitrogen and oxygen atoms in total. The summed E-state index contributed by atoms with van der Waals surface area (Å²) in [6.45, 7) is 0.692. The average molecular weight is 364 g/mol. The van der Waals surface area contributed by atoms with Crippen LogP contribution >= 0.6 is 23.5 Å². The van der Waals surface area contributed by atoms with Gasteiger partial charge in [-0.3, -0.25) is 4.79 Å². The van der Waals surface area contributed by atoms with Gasteiger partial charge < -0.3 is 9.73 Å². The molecule has 1 N–H and O–H groups in total. The standard InChI is InChI=1S/C17H21N3O2S2/c1-23-11-15-19-20-16(22-15)24-10-14(21)18-12-17(8-5-9-17)13-6-3-2-4-7-13/h2-4,6-7H,5,8-12H2,1H3,(H,18,21). The third kappa shape index (κ3) is 4.13. The van der Waals surface area contributed by atoms with Crippen LogP contribution < -0.4 is 5.32 Å². The van der Waals surface area contributed by atoms with Gasteiger partial charge in [-0.05, 0) is 24.7 Å². The SMILES string of the molecule is CSCc1nnc(SCC(=O)NCC2(c3ccccc3)CCC2)o1. The molecule has 1 aromatic heterocycles. The van der Waals surface area contributed by atoms with Crippen LogP contribution in [0.1, 0.15) is 30.7 Å². The Bertz CT molecular complexity index is 671. The quantitative estimate of drug-likeness (QED) is 0.726. The van der Waals surface area contributed by atoms with Gasteiger partial charge in [0.1, 0.15) is 0 Å². The fraction of sp³-hybridized carbons (Fsp3) is 0.471. The molecule has 2 aromatic rings. The molecule has 0 bridgehead atoms. The van der Waals surface area contributed by atoms with Crippen molar-refractivity contribution in [1.29, 1.82) is 0 Å². The first-order valence-corrected chi connectivity index (χ1v) is 10.4. The summed E-state index contributed by atoms with van der Waals surface area (Å²) >= 11 is 2.91. The van der Waals surface area contributed by atoms with E-state index in [1.54, 1.807) is 11.8 Å². The monoisotopic (exact) mass is 363 g/mol. The van der Waals surface area contributed by atoms with Gasteiger partial charge in [-0.2, -0.15) is 11.8 Å². The molecule has 0 aliphatic heterocycles. The van der Waals surface area contributed by atoms with Crippen LogP contribution in [0.25, 0.3) is 0 Å². The number of hydrogen-bond donors (Lipinski definition) is 1. The number of hydrogen-bond acceptors (Lipinski definition) is 6. The van der Waals surface area contributed by atoms with E-state index in [0.29, 0.717) is 29.2 Å². The normalized spacial score (nSPS) is 15.7. The molecule has 1 aromatic carbocycles. The summed E-state index contributed by atoms with van der Waals surface area (Å²) in [5, 5.41) is 11.4. The largest absolute Gasteiger partial charge is 0.415 e. The summed E-state index contributed by atoms with van der Waals surface area (Å²) in [6, 6.07) is 10.5. The van der Waals surface area contributed by atoms with Gasteiger partial charge in [0.05, 0.1) is 11.5 Å². The molecule has 0 saturated heterocycles. The molecule has 1 aliphatic carbocycles. The molecular weight excluding hydrogens is 342 g/mol. The minimum Gasteiger partial charge on any atom is -0.415 e. The van der Waals surface area contributed by atoms with E-state index in [1.165, 1.54) is 23.7 Å². The summed E-state index contributed by atoms with van der Waals surface area (Å²) in [7, 11) is 0. The van der Waals surface area contributed by atoms with Gasteiger partial charge in [-0.25, -0.2) is 0 Å². The highest BCUT2D eigenvalue weighted by atomic mass is 32.2. The fourth-order valence-corrected chi connectivity index (χ4v) is 3.86. The van der Waals surface area contributed by atoms with E-state index in [0.717, 1.165) is 12.8 Å². The average Bonchev–Trinajstić information content (AvgIpc) is 3.01. The first kappa shape index (κ1) is 17.4. The molecule has 3 rings (SSSR count). The van der Waals surface area contributed by atoms with Crippen LogP contribution in [-0.4, -0.2) is 34.7 Å². The molecule has 1 saturated carbocycles. The van der Waals surface area contributed by atoms with Crippen LogP contribution in [0, 0.1) is 0 Å². The minimum absolute atomic E-state index is 0.00632. The maximum Gasteiger partial charge on any atom is 0.277 e. The van der Waals surface area contributed by atoms with Crippen molar-refractivity contribution in [3.63, 3.8) is 0 Å². The zero-order valence-corrected chi connectivity index (χ0v) is 15.3. The molecule has 1 aliphatic rings. The molecular formula is C17H21N3O2S2. The summed E-state index contributed by atoms with van der Waals surface area (Å²) in [5.74, 6) is 1.60. The second kappa shape index (κ2) is 8.07. The van der Waals surface area contributed by atoms with Crippen LogP contribution in [-0.2, 0) is 16.0 Å². The molecule has 0 radical (unpaired) electrons. The Hall–Kier alpha value is -1.47. The van der Waals surface area contributed by atoms with Crippen LogP contribution in [0.2, 0.25) is 0 Å². The summed E-state index contributed by atoms with van der Waals surface area (Å²) in [6.07, 6.45) is 5.46. The second-order valence-corrected chi connectivity index (χ2v) is 7.75. The second-order valence-electron chi connectivity index (χ2n) is 5.96. The summed E-state index contributed by atoms with van der Waals surface area (Å²) < 4.78 is 5.46.